The van der Waals surface area contributed by atoms with Gasteiger partial charge in [0.15, 0.2) is 0 Å². The van der Waals surface area contributed by atoms with E-state index in [2.05, 4.69) is 72.5 Å². The fraction of sp³-hybridized carbons (Fsp3) is 0.0952. The van der Waals surface area contributed by atoms with E-state index in [0.29, 0.717) is 5.92 Å². The van der Waals surface area contributed by atoms with Gasteiger partial charge in [0.05, 0.1) is 0 Å². The maximum absolute atomic E-state index is 3.41. The lowest BCUT2D eigenvalue weighted by Crippen LogP contribution is -2.17. The van der Waals surface area contributed by atoms with Crippen LogP contribution < -0.4 is 10.4 Å². The van der Waals surface area contributed by atoms with E-state index in [0.717, 1.165) is 0 Å². The molecule has 0 aliphatic heterocycles. The quantitative estimate of drug-likeness (QED) is 0.632. The minimum atomic E-state index is 0.370. The fourth-order valence-electron chi connectivity index (χ4n) is 3.22. The number of fused-ring (bicyclic) bond motifs is 3. The third-order valence-electron chi connectivity index (χ3n) is 4.19. The third kappa shape index (κ3) is 1.93. The average molecular weight is 268 g/mol. The predicted octanol–water partition coefficient (Wildman–Crippen LogP) is 3.66. The molecule has 0 amide bonds. The van der Waals surface area contributed by atoms with Gasteiger partial charge in [-0.25, -0.2) is 0 Å². The molecule has 0 radical (unpaired) electrons. The minimum Gasteiger partial charge on any atom is -0.117 e. The summed E-state index contributed by atoms with van der Waals surface area (Å²) in [5.41, 5.74) is 8.71. The molecule has 2 aromatic rings. The van der Waals surface area contributed by atoms with Crippen molar-refractivity contribution < 1.29 is 0 Å². The van der Waals surface area contributed by atoms with Crippen LogP contribution in [0.25, 0.3) is 22.9 Å². The van der Waals surface area contributed by atoms with Gasteiger partial charge in [0.2, 0.25) is 0 Å². The molecule has 0 saturated carbocycles. The number of benzene rings is 2. The molecule has 0 spiro atoms. The van der Waals surface area contributed by atoms with Crippen LogP contribution in [0.1, 0.15) is 24.0 Å². The molecule has 4 rings (SSSR count). The monoisotopic (exact) mass is 268 g/mol. The summed E-state index contributed by atoms with van der Waals surface area (Å²) in [7, 11) is 0. The standard InChI is InChI=1S/C21H16/c1-2-7-16-13-21-18(12-17-10-5-6-11-19(17)21)14-20(16)15-8-3-4-9-15/h2-6,8-15H,1H3. The lowest BCUT2D eigenvalue weighted by Gasteiger charge is -2.08. The van der Waals surface area contributed by atoms with Crippen molar-refractivity contribution in [3.05, 3.63) is 88.3 Å². The van der Waals surface area contributed by atoms with Crippen molar-refractivity contribution >= 4 is 11.8 Å². The maximum Gasteiger partial charge on any atom is 0.0217 e. The number of rotatable bonds is 1. The second-order valence-electron chi connectivity index (χ2n) is 5.49. The summed E-state index contributed by atoms with van der Waals surface area (Å²) in [6.45, 7) is 2.03. The summed E-state index contributed by atoms with van der Waals surface area (Å²) in [4.78, 5) is 0. The van der Waals surface area contributed by atoms with Gasteiger partial charge in [0.25, 0.3) is 0 Å². The van der Waals surface area contributed by atoms with E-state index < -0.39 is 0 Å². The van der Waals surface area contributed by atoms with Gasteiger partial charge in [-0.3, -0.25) is 0 Å². The zero-order valence-electron chi connectivity index (χ0n) is 12.0. The Morgan fingerprint density at radius 2 is 1.81 bits per heavy atom. The Hall–Kier alpha value is -2.56. The topological polar surface area (TPSA) is 0 Å². The summed E-state index contributed by atoms with van der Waals surface area (Å²) in [6, 6.07) is 13.2. The predicted molar refractivity (Wildman–Crippen MR) is 89.4 cm³/mol. The summed E-state index contributed by atoms with van der Waals surface area (Å²) in [5, 5.41) is 2.52. The molecule has 0 heteroatoms. The molecule has 0 unspecified atom stereocenters. The summed E-state index contributed by atoms with van der Waals surface area (Å²) in [5.74, 6) is 0.370. The second kappa shape index (κ2) is 4.77. The van der Waals surface area contributed by atoms with E-state index in [9.17, 15) is 0 Å². The largest absolute Gasteiger partial charge is 0.117 e. The molecule has 0 N–H and O–H groups in total. The van der Waals surface area contributed by atoms with Crippen molar-refractivity contribution in [1.82, 2.24) is 0 Å². The SMILES string of the molecule is CC=C=c1cc2c(cc1C1C=CC=C1)=Cc1ccccc1-2. The molecule has 0 bridgehead atoms. The van der Waals surface area contributed by atoms with Crippen LogP contribution in [0.5, 0.6) is 0 Å². The Morgan fingerprint density at radius 1 is 1.00 bits per heavy atom. The Morgan fingerprint density at radius 3 is 2.62 bits per heavy atom. The van der Waals surface area contributed by atoms with Crippen molar-refractivity contribution in [2.24, 2.45) is 0 Å². The zero-order chi connectivity index (χ0) is 14.2. The molecule has 0 saturated heterocycles. The summed E-state index contributed by atoms with van der Waals surface area (Å²) in [6.07, 6.45) is 13.0. The molecule has 0 heterocycles. The lowest BCUT2D eigenvalue weighted by molar-refractivity contribution is 1.08. The fourth-order valence-corrected chi connectivity index (χ4v) is 3.22. The molecule has 2 aliphatic rings. The maximum atomic E-state index is 3.41. The van der Waals surface area contributed by atoms with E-state index in [1.54, 1.807) is 0 Å². The molecule has 0 nitrogen and oxygen atoms in total. The number of hydrogen-bond donors (Lipinski definition) is 0. The van der Waals surface area contributed by atoms with E-state index >= 15 is 0 Å². The lowest BCUT2D eigenvalue weighted by atomic mass is 9.95. The van der Waals surface area contributed by atoms with Crippen LogP contribution in [0.15, 0.2) is 66.8 Å². The van der Waals surface area contributed by atoms with Crippen LogP contribution in [0.4, 0.5) is 0 Å². The molecule has 2 aliphatic carbocycles. The highest BCUT2D eigenvalue weighted by atomic mass is 14.2. The Labute approximate surface area is 124 Å². The van der Waals surface area contributed by atoms with Gasteiger partial charge < -0.3 is 0 Å². The molecule has 100 valence electrons. The van der Waals surface area contributed by atoms with Crippen molar-refractivity contribution in [3.63, 3.8) is 0 Å². The van der Waals surface area contributed by atoms with Crippen LogP contribution in [0.2, 0.25) is 0 Å². The van der Waals surface area contributed by atoms with E-state index in [4.69, 9.17) is 0 Å². The molecular formula is C21H16. The van der Waals surface area contributed by atoms with Crippen molar-refractivity contribution in [2.75, 3.05) is 0 Å². The van der Waals surface area contributed by atoms with Gasteiger partial charge in [0.1, 0.15) is 0 Å². The first kappa shape index (κ1) is 12.2. The highest BCUT2D eigenvalue weighted by Gasteiger charge is 2.15. The van der Waals surface area contributed by atoms with E-state index in [1.807, 2.05) is 13.0 Å². The van der Waals surface area contributed by atoms with E-state index in [1.165, 1.54) is 32.7 Å². The van der Waals surface area contributed by atoms with Crippen molar-refractivity contribution in [3.8, 4) is 11.1 Å². The highest BCUT2D eigenvalue weighted by Crippen LogP contribution is 2.27. The van der Waals surface area contributed by atoms with Gasteiger partial charge in [-0.15, -0.1) is 5.73 Å². The first-order valence-electron chi connectivity index (χ1n) is 7.38. The molecule has 0 aromatic heterocycles. The van der Waals surface area contributed by atoms with Crippen LogP contribution in [0, 0.1) is 0 Å². The van der Waals surface area contributed by atoms with Crippen LogP contribution in [-0.4, -0.2) is 0 Å². The molecule has 0 fully saturated rings. The molecular weight excluding hydrogens is 252 g/mol. The van der Waals surface area contributed by atoms with Gasteiger partial charge in [-0.1, -0.05) is 48.6 Å². The van der Waals surface area contributed by atoms with Gasteiger partial charge in [0, 0.05) is 11.1 Å². The van der Waals surface area contributed by atoms with Gasteiger partial charge in [-0.2, -0.15) is 0 Å². The Balaban J connectivity index is 2.04. The normalized spacial score (nSPS) is 14.5. The Kier molecular flexibility index (Phi) is 2.77. The van der Waals surface area contributed by atoms with Crippen LogP contribution in [0.3, 0.4) is 0 Å². The molecule has 0 atom stereocenters. The summed E-state index contributed by atoms with van der Waals surface area (Å²) >= 11 is 0. The Bertz CT molecular complexity index is 920. The highest BCUT2D eigenvalue weighted by molar-refractivity contribution is 5.83. The smallest absolute Gasteiger partial charge is 0.0217 e. The number of hydrogen-bond acceptors (Lipinski definition) is 0. The van der Waals surface area contributed by atoms with Gasteiger partial charge >= 0.3 is 0 Å². The summed E-state index contributed by atoms with van der Waals surface area (Å²) < 4.78 is 0. The van der Waals surface area contributed by atoms with Crippen LogP contribution >= 0.6 is 0 Å². The van der Waals surface area contributed by atoms with Crippen LogP contribution in [-0.2, 0) is 0 Å². The van der Waals surface area contributed by atoms with Crippen molar-refractivity contribution in [2.45, 2.75) is 12.8 Å². The second-order valence-corrected chi connectivity index (χ2v) is 5.49. The zero-order valence-corrected chi connectivity index (χ0v) is 12.0. The first-order valence-corrected chi connectivity index (χ1v) is 7.38. The molecule has 21 heavy (non-hydrogen) atoms. The van der Waals surface area contributed by atoms with Gasteiger partial charge in [-0.05, 0) is 58.7 Å². The third-order valence-corrected chi connectivity index (χ3v) is 4.19. The average Bonchev–Trinajstić information content (AvgIpc) is 3.14. The van der Waals surface area contributed by atoms with Crippen molar-refractivity contribution in [1.29, 1.82) is 0 Å². The minimum absolute atomic E-state index is 0.370. The van der Waals surface area contributed by atoms with E-state index in [-0.39, 0.29) is 0 Å². The molecule has 2 aromatic carbocycles. The number of allylic oxidation sites excluding steroid dienone is 5. The first-order chi connectivity index (χ1) is 10.4.